The number of anilines is 1. The molecule has 8 heteroatoms. The summed E-state index contributed by atoms with van der Waals surface area (Å²) in [6, 6.07) is 6.90. The smallest absolute Gasteiger partial charge is 0.228 e. The molecule has 0 spiro atoms. The Morgan fingerprint density at radius 1 is 1.21 bits per heavy atom. The molecule has 2 aliphatic heterocycles. The van der Waals surface area contributed by atoms with E-state index in [0.717, 1.165) is 44.7 Å². The van der Waals surface area contributed by atoms with Gasteiger partial charge in [-0.15, -0.1) is 0 Å². The normalized spacial score (nSPS) is 19.9. The number of piperidine rings is 2. The number of likely N-dealkylation sites (tertiary alicyclic amines) is 2. The van der Waals surface area contributed by atoms with Crippen molar-refractivity contribution in [3.63, 3.8) is 0 Å². The largest absolute Gasteiger partial charge is 0.374 e. The van der Waals surface area contributed by atoms with Crippen LogP contribution in [0.2, 0.25) is 0 Å². The van der Waals surface area contributed by atoms with Gasteiger partial charge in [-0.1, -0.05) is 0 Å². The lowest BCUT2D eigenvalue weighted by atomic mass is 9.92. The zero-order chi connectivity index (χ0) is 24.3. The Morgan fingerprint density at radius 3 is 2.59 bits per heavy atom. The van der Waals surface area contributed by atoms with Crippen molar-refractivity contribution in [3.8, 4) is 0 Å². The van der Waals surface area contributed by atoms with E-state index < -0.39 is 5.67 Å². The Morgan fingerprint density at radius 2 is 1.91 bits per heavy atom. The molecule has 7 nitrogen and oxygen atoms in total. The predicted octanol–water partition coefficient (Wildman–Crippen LogP) is 3.12. The number of aryl methyl sites for hydroxylation is 1. The lowest BCUT2D eigenvalue weighted by molar-refractivity contribution is -0.125. The Labute approximate surface area is 201 Å². The molecule has 186 valence electrons. The van der Waals surface area contributed by atoms with Gasteiger partial charge in [0.2, 0.25) is 12.3 Å². The second-order valence-electron chi connectivity index (χ2n) is 10.2. The molecule has 2 amide bonds. The molecule has 1 N–H and O–H groups in total. The first-order valence-electron chi connectivity index (χ1n) is 12.4. The van der Waals surface area contributed by atoms with Crippen LogP contribution < -0.4 is 10.2 Å². The van der Waals surface area contributed by atoms with Crippen molar-refractivity contribution < 1.29 is 14.0 Å². The van der Waals surface area contributed by atoms with Crippen molar-refractivity contribution in [2.24, 2.45) is 0 Å². The second-order valence-corrected chi connectivity index (χ2v) is 10.2. The minimum absolute atomic E-state index is 0.267. The first-order chi connectivity index (χ1) is 16.3. The van der Waals surface area contributed by atoms with Crippen molar-refractivity contribution in [2.75, 3.05) is 58.3 Å². The maximum Gasteiger partial charge on any atom is 0.228 e. The van der Waals surface area contributed by atoms with Gasteiger partial charge in [-0.05, 0) is 63.4 Å². The molecule has 1 aromatic carbocycles. The van der Waals surface area contributed by atoms with Crippen LogP contribution in [0.4, 0.5) is 10.1 Å². The Kier molecular flexibility index (Phi) is 7.57. The first kappa shape index (κ1) is 24.7. The number of amides is 2. The molecule has 2 saturated heterocycles. The van der Waals surface area contributed by atoms with Gasteiger partial charge in [0, 0.05) is 81.6 Å². The fraction of sp³-hybridized carbons (Fsp3) is 0.615. The standard InChI is InChI=1S/C26H38FN5O2/c1-20-22-8-15-32(24(22)5-4-23(20)30(3)12-9-25(34)28-19-33)21-6-13-31(14-7-21)18-26(27)10-16-29(2)17-11-26/h4-5,8,15,19,21H,6-7,9-14,16-18H2,1-3H3,(H,28,33,34). The predicted molar refractivity (Wildman–Crippen MR) is 134 cm³/mol. The van der Waals surface area contributed by atoms with Crippen LogP contribution in [0.3, 0.4) is 0 Å². The number of carbonyl (C=O) groups is 2. The van der Waals surface area contributed by atoms with Crippen LogP contribution in [0.5, 0.6) is 0 Å². The van der Waals surface area contributed by atoms with E-state index in [4.69, 9.17) is 0 Å². The summed E-state index contributed by atoms with van der Waals surface area (Å²) >= 11 is 0. The third-order valence-electron chi connectivity index (χ3n) is 7.79. The minimum Gasteiger partial charge on any atom is -0.374 e. The number of hydrogen-bond acceptors (Lipinski definition) is 5. The Bertz CT molecular complexity index is 1010. The Hall–Kier alpha value is -2.45. The number of alkyl halides is 1. The van der Waals surface area contributed by atoms with Crippen LogP contribution in [0, 0.1) is 6.92 Å². The van der Waals surface area contributed by atoms with Gasteiger partial charge in [-0.2, -0.15) is 0 Å². The maximum absolute atomic E-state index is 15.3. The monoisotopic (exact) mass is 471 g/mol. The van der Waals surface area contributed by atoms with Crippen LogP contribution in [0.1, 0.15) is 43.7 Å². The molecule has 3 heterocycles. The van der Waals surface area contributed by atoms with Gasteiger partial charge in [-0.3, -0.25) is 14.9 Å². The SMILES string of the molecule is Cc1c(N(C)CCC(=O)NC=O)ccc2c1ccn2C1CCN(CC2(F)CCN(C)CC2)CC1. The molecule has 0 unspecified atom stereocenters. The molecule has 2 fully saturated rings. The second kappa shape index (κ2) is 10.4. The van der Waals surface area contributed by atoms with E-state index in [9.17, 15) is 9.59 Å². The number of benzene rings is 1. The maximum atomic E-state index is 15.3. The number of carbonyl (C=O) groups excluding carboxylic acids is 2. The summed E-state index contributed by atoms with van der Waals surface area (Å²) < 4.78 is 17.7. The van der Waals surface area contributed by atoms with Crippen LogP contribution in [0.15, 0.2) is 24.4 Å². The number of hydrogen-bond donors (Lipinski definition) is 1. The zero-order valence-electron chi connectivity index (χ0n) is 20.7. The topological polar surface area (TPSA) is 60.8 Å². The van der Waals surface area contributed by atoms with Gasteiger partial charge in [0.05, 0.1) is 0 Å². The highest BCUT2D eigenvalue weighted by Crippen LogP contribution is 2.34. The van der Waals surface area contributed by atoms with Gasteiger partial charge in [0.1, 0.15) is 5.67 Å². The third kappa shape index (κ3) is 5.44. The highest BCUT2D eigenvalue weighted by molar-refractivity contribution is 5.89. The molecule has 4 rings (SSSR count). The number of nitrogens with one attached hydrogen (secondary N) is 1. The van der Waals surface area contributed by atoms with E-state index in [1.807, 2.05) is 7.05 Å². The number of imide groups is 1. The van der Waals surface area contributed by atoms with E-state index in [1.54, 1.807) is 0 Å². The van der Waals surface area contributed by atoms with Crippen molar-refractivity contribution in [2.45, 2.75) is 50.7 Å². The van der Waals surface area contributed by atoms with E-state index in [-0.39, 0.29) is 12.3 Å². The summed E-state index contributed by atoms with van der Waals surface area (Å²) in [5.41, 5.74) is 2.47. The zero-order valence-corrected chi connectivity index (χ0v) is 20.7. The summed E-state index contributed by atoms with van der Waals surface area (Å²) in [5.74, 6) is -0.271. The summed E-state index contributed by atoms with van der Waals surface area (Å²) in [6.07, 6.45) is 6.23. The third-order valence-corrected chi connectivity index (χ3v) is 7.79. The molecule has 0 bridgehead atoms. The fourth-order valence-corrected chi connectivity index (χ4v) is 5.57. The molecule has 2 aliphatic rings. The van der Waals surface area contributed by atoms with E-state index in [0.29, 0.717) is 38.4 Å². The van der Waals surface area contributed by atoms with Crippen LogP contribution in [-0.4, -0.2) is 85.7 Å². The molecule has 0 aliphatic carbocycles. The van der Waals surface area contributed by atoms with Gasteiger partial charge in [-0.25, -0.2) is 4.39 Å². The number of halogens is 1. The highest BCUT2D eigenvalue weighted by atomic mass is 19.1. The lowest BCUT2D eigenvalue weighted by Crippen LogP contribution is -2.49. The van der Waals surface area contributed by atoms with Gasteiger partial charge in [0.15, 0.2) is 0 Å². The average Bonchev–Trinajstić information content (AvgIpc) is 3.26. The van der Waals surface area contributed by atoms with Crippen molar-refractivity contribution in [1.29, 1.82) is 0 Å². The summed E-state index contributed by atoms with van der Waals surface area (Å²) in [6.45, 7) is 6.81. The van der Waals surface area contributed by atoms with Gasteiger partial charge < -0.3 is 19.3 Å². The molecular weight excluding hydrogens is 433 g/mol. The summed E-state index contributed by atoms with van der Waals surface area (Å²) in [7, 11) is 4.04. The number of fused-ring (bicyclic) bond motifs is 1. The molecule has 2 aromatic rings. The Balaban J connectivity index is 1.38. The molecule has 34 heavy (non-hydrogen) atoms. The molecule has 1 aromatic heterocycles. The fourth-order valence-electron chi connectivity index (χ4n) is 5.57. The number of aromatic nitrogens is 1. The van der Waals surface area contributed by atoms with Gasteiger partial charge in [0.25, 0.3) is 0 Å². The average molecular weight is 472 g/mol. The van der Waals surface area contributed by atoms with Crippen molar-refractivity contribution in [3.05, 3.63) is 30.0 Å². The van der Waals surface area contributed by atoms with E-state index in [1.165, 1.54) is 16.5 Å². The lowest BCUT2D eigenvalue weighted by Gasteiger charge is -2.40. The van der Waals surface area contributed by atoms with E-state index >= 15 is 4.39 Å². The van der Waals surface area contributed by atoms with Crippen molar-refractivity contribution in [1.82, 2.24) is 19.7 Å². The van der Waals surface area contributed by atoms with Crippen LogP contribution >= 0.6 is 0 Å². The summed E-state index contributed by atoms with van der Waals surface area (Å²) in [5, 5.41) is 3.41. The number of nitrogens with zero attached hydrogens (tertiary/aromatic N) is 4. The molecule has 0 saturated carbocycles. The minimum atomic E-state index is -1.03. The quantitative estimate of drug-likeness (QED) is 0.600. The summed E-state index contributed by atoms with van der Waals surface area (Å²) in [4.78, 5) is 28.7. The number of rotatable bonds is 8. The van der Waals surface area contributed by atoms with Crippen molar-refractivity contribution >= 4 is 28.9 Å². The molecular formula is C26H38FN5O2. The van der Waals surface area contributed by atoms with Crippen LogP contribution in [0.25, 0.3) is 10.9 Å². The highest BCUT2D eigenvalue weighted by Gasteiger charge is 2.36. The first-order valence-corrected chi connectivity index (χ1v) is 12.4. The molecule has 0 atom stereocenters. The molecule has 0 radical (unpaired) electrons. The van der Waals surface area contributed by atoms with E-state index in [2.05, 4.69) is 63.0 Å². The van der Waals surface area contributed by atoms with Crippen LogP contribution in [-0.2, 0) is 9.59 Å². The van der Waals surface area contributed by atoms with Gasteiger partial charge >= 0.3 is 0 Å².